The molecule has 168 valence electrons. The third-order valence-corrected chi connectivity index (χ3v) is 8.55. The molecular formula is C21H19ClN2O6S2. The summed E-state index contributed by atoms with van der Waals surface area (Å²) in [5.41, 5.74) is 0.339. The quantitative estimate of drug-likeness (QED) is 0.516. The number of halogens is 1. The van der Waals surface area contributed by atoms with E-state index in [0.29, 0.717) is 23.7 Å². The molecular weight excluding hydrogens is 476 g/mol. The second kappa shape index (κ2) is 8.68. The summed E-state index contributed by atoms with van der Waals surface area (Å²) < 4.78 is 58.2. The average molecular weight is 495 g/mol. The molecule has 0 spiro atoms. The molecule has 1 saturated heterocycles. The van der Waals surface area contributed by atoms with Crippen molar-refractivity contribution in [3.05, 3.63) is 59.6 Å². The summed E-state index contributed by atoms with van der Waals surface area (Å²) in [6.07, 6.45) is 1.59. The maximum absolute atomic E-state index is 13.2. The van der Waals surface area contributed by atoms with Crippen molar-refractivity contribution in [1.82, 2.24) is 9.88 Å². The molecule has 0 bridgehead atoms. The Morgan fingerprint density at radius 1 is 0.969 bits per heavy atom. The molecule has 0 aliphatic carbocycles. The lowest BCUT2D eigenvalue weighted by atomic mass is 10.2. The first kappa shape index (κ1) is 22.5. The molecule has 8 nitrogen and oxygen atoms in total. The van der Waals surface area contributed by atoms with Crippen LogP contribution in [0.2, 0.25) is 5.02 Å². The van der Waals surface area contributed by atoms with Gasteiger partial charge in [-0.2, -0.15) is 4.98 Å². The van der Waals surface area contributed by atoms with E-state index in [1.54, 1.807) is 6.07 Å². The molecule has 0 radical (unpaired) electrons. The van der Waals surface area contributed by atoms with Gasteiger partial charge in [-0.25, -0.2) is 16.8 Å². The molecule has 11 heteroatoms. The summed E-state index contributed by atoms with van der Waals surface area (Å²) >= 11 is 5.90. The molecule has 1 aliphatic heterocycles. The summed E-state index contributed by atoms with van der Waals surface area (Å²) in [5, 5.41) is -1.16. The van der Waals surface area contributed by atoms with E-state index < -0.39 is 41.5 Å². The van der Waals surface area contributed by atoms with E-state index in [1.807, 2.05) is 0 Å². The Balaban J connectivity index is 1.82. The minimum Gasteiger partial charge on any atom is -0.423 e. The summed E-state index contributed by atoms with van der Waals surface area (Å²) in [7, 11) is -8.78. The fourth-order valence-corrected chi connectivity index (χ4v) is 6.57. The van der Waals surface area contributed by atoms with Crippen LogP contribution in [0.3, 0.4) is 0 Å². The van der Waals surface area contributed by atoms with E-state index in [1.165, 1.54) is 53.4 Å². The number of carbonyl (C=O) groups excluding carboxylic acids is 1. The molecule has 1 aliphatic rings. The summed E-state index contributed by atoms with van der Waals surface area (Å²) in [5.74, 6) is -1.71. The smallest absolute Gasteiger partial charge is 0.258 e. The SMILES string of the molecule is O=C(CS(=O)(=O)c1oc(-c2ccc(Cl)cc2)nc1S(=O)(=O)c1ccccc1)N1CCCC1. The fraction of sp³-hybridized carbons (Fsp3) is 0.238. The second-order valence-electron chi connectivity index (χ2n) is 7.28. The largest absolute Gasteiger partial charge is 0.423 e. The lowest BCUT2D eigenvalue weighted by Crippen LogP contribution is -2.33. The van der Waals surface area contributed by atoms with Crippen molar-refractivity contribution in [3.8, 4) is 11.5 Å². The number of aromatic nitrogens is 1. The van der Waals surface area contributed by atoms with Crippen LogP contribution in [0.5, 0.6) is 0 Å². The maximum atomic E-state index is 13.2. The number of amides is 1. The highest BCUT2D eigenvalue weighted by molar-refractivity contribution is 7.94. The van der Waals surface area contributed by atoms with Gasteiger partial charge in [0.2, 0.25) is 36.5 Å². The van der Waals surface area contributed by atoms with Crippen LogP contribution in [-0.4, -0.2) is 51.5 Å². The van der Waals surface area contributed by atoms with Crippen LogP contribution in [0, 0.1) is 0 Å². The average Bonchev–Trinajstić information content (AvgIpc) is 3.46. The topological polar surface area (TPSA) is 115 Å². The highest BCUT2D eigenvalue weighted by atomic mass is 35.5. The molecule has 0 atom stereocenters. The Bertz CT molecular complexity index is 1350. The van der Waals surface area contributed by atoms with Crippen LogP contribution in [0.15, 0.2) is 74.0 Å². The molecule has 3 aromatic rings. The van der Waals surface area contributed by atoms with Crippen molar-refractivity contribution in [3.63, 3.8) is 0 Å². The number of hydrogen-bond acceptors (Lipinski definition) is 7. The Kier molecular flexibility index (Phi) is 6.11. The number of likely N-dealkylation sites (tertiary alicyclic amines) is 1. The van der Waals surface area contributed by atoms with Crippen molar-refractivity contribution >= 4 is 37.2 Å². The van der Waals surface area contributed by atoms with Gasteiger partial charge in [0, 0.05) is 23.7 Å². The highest BCUT2D eigenvalue weighted by Gasteiger charge is 2.37. The van der Waals surface area contributed by atoms with Crippen LogP contribution in [0.1, 0.15) is 12.8 Å². The Hall–Kier alpha value is -2.69. The first-order valence-corrected chi connectivity index (χ1v) is 13.3. The lowest BCUT2D eigenvalue weighted by molar-refractivity contribution is -0.127. The molecule has 4 rings (SSSR count). The zero-order chi connectivity index (χ0) is 22.9. The summed E-state index contributed by atoms with van der Waals surface area (Å²) in [6, 6.07) is 13.5. The van der Waals surface area contributed by atoms with Gasteiger partial charge in [0.1, 0.15) is 5.75 Å². The number of carbonyl (C=O) groups is 1. The monoisotopic (exact) mass is 494 g/mol. The van der Waals surface area contributed by atoms with Crippen molar-refractivity contribution in [2.75, 3.05) is 18.8 Å². The zero-order valence-corrected chi connectivity index (χ0v) is 19.2. The van der Waals surface area contributed by atoms with Gasteiger partial charge in [0.15, 0.2) is 0 Å². The molecule has 2 aromatic carbocycles. The molecule has 1 aromatic heterocycles. The maximum Gasteiger partial charge on any atom is 0.258 e. The summed E-state index contributed by atoms with van der Waals surface area (Å²) in [6.45, 7) is 0.936. The second-order valence-corrected chi connectivity index (χ2v) is 11.5. The van der Waals surface area contributed by atoms with E-state index >= 15 is 0 Å². The minimum atomic E-state index is -4.44. The first-order chi connectivity index (χ1) is 15.2. The van der Waals surface area contributed by atoms with Crippen molar-refractivity contribution in [1.29, 1.82) is 0 Å². The molecule has 1 fully saturated rings. The highest BCUT2D eigenvalue weighted by Crippen LogP contribution is 2.33. The van der Waals surface area contributed by atoms with Gasteiger partial charge in [-0.15, -0.1) is 0 Å². The zero-order valence-electron chi connectivity index (χ0n) is 16.8. The van der Waals surface area contributed by atoms with E-state index in [-0.39, 0.29) is 10.8 Å². The van der Waals surface area contributed by atoms with Gasteiger partial charge in [0.25, 0.3) is 5.09 Å². The van der Waals surface area contributed by atoms with Gasteiger partial charge in [-0.3, -0.25) is 4.79 Å². The van der Waals surface area contributed by atoms with Gasteiger partial charge in [0.05, 0.1) is 4.90 Å². The van der Waals surface area contributed by atoms with Crippen molar-refractivity contribution in [2.45, 2.75) is 27.9 Å². The normalized spacial score (nSPS) is 14.6. The minimum absolute atomic E-state index is 0.140. The van der Waals surface area contributed by atoms with Crippen LogP contribution in [0.25, 0.3) is 11.5 Å². The molecule has 32 heavy (non-hydrogen) atoms. The molecule has 1 amide bonds. The molecule has 0 saturated carbocycles. The molecule has 0 N–H and O–H groups in total. The van der Waals surface area contributed by atoms with Crippen molar-refractivity contribution in [2.24, 2.45) is 0 Å². The Morgan fingerprint density at radius 2 is 1.59 bits per heavy atom. The third kappa shape index (κ3) is 4.43. The Morgan fingerprint density at radius 3 is 2.22 bits per heavy atom. The standard InChI is InChI=1S/C21H19ClN2O6S2/c22-16-10-8-15(9-11-16)19-23-20(32(28,29)17-6-2-1-3-7-17)21(30-19)31(26,27)14-18(25)24-12-4-5-13-24/h1-3,6-11H,4-5,12-14H2. The third-order valence-electron chi connectivity index (χ3n) is 5.02. The van der Waals surface area contributed by atoms with Gasteiger partial charge in [-0.1, -0.05) is 29.8 Å². The van der Waals surface area contributed by atoms with E-state index in [2.05, 4.69) is 4.98 Å². The number of hydrogen-bond donors (Lipinski definition) is 0. The first-order valence-electron chi connectivity index (χ1n) is 9.76. The van der Waals surface area contributed by atoms with E-state index in [9.17, 15) is 21.6 Å². The van der Waals surface area contributed by atoms with Crippen molar-refractivity contribution < 1.29 is 26.0 Å². The van der Waals surface area contributed by atoms with Gasteiger partial charge >= 0.3 is 0 Å². The number of sulfone groups is 2. The van der Waals surface area contributed by atoms with E-state index in [0.717, 1.165) is 12.8 Å². The van der Waals surface area contributed by atoms with Crippen LogP contribution in [-0.2, 0) is 24.5 Å². The molecule has 0 unspecified atom stereocenters. The van der Waals surface area contributed by atoms with E-state index in [4.69, 9.17) is 16.0 Å². The van der Waals surface area contributed by atoms with Crippen LogP contribution in [0.4, 0.5) is 0 Å². The number of rotatable bonds is 6. The number of oxazole rings is 1. The molecule has 2 heterocycles. The fourth-order valence-electron chi connectivity index (χ4n) is 3.37. The predicted molar refractivity (Wildman–Crippen MR) is 117 cm³/mol. The van der Waals surface area contributed by atoms with Gasteiger partial charge in [-0.05, 0) is 49.2 Å². The predicted octanol–water partition coefficient (Wildman–Crippen LogP) is 3.22. The van der Waals surface area contributed by atoms with Crippen LogP contribution >= 0.6 is 11.6 Å². The van der Waals surface area contributed by atoms with Gasteiger partial charge < -0.3 is 9.32 Å². The van der Waals surface area contributed by atoms with Crippen LogP contribution < -0.4 is 0 Å². The number of benzene rings is 2. The number of nitrogens with zero attached hydrogens (tertiary/aromatic N) is 2. The Labute approximate surface area is 190 Å². The lowest BCUT2D eigenvalue weighted by Gasteiger charge is -2.14. The summed E-state index contributed by atoms with van der Waals surface area (Å²) in [4.78, 5) is 17.8.